The highest BCUT2D eigenvalue weighted by atomic mass is 16.5. The molecule has 1 aromatic heterocycles. The molecule has 2 aromatic carbocycles. The zero-order chi connectivity index (χ0) is 15.9. The first kappa shape index (κ1) is 14.9. The first-order valence-electron chi connectivity index (χ1n) is 7.40. The van der Waals surface area contributed by atoms with E-state index in [1.807, 2.05) is 60.7 Å². The smallest absolute Gasteiger partial charge is 0.164 e. The van der Waals surface area contributed by atoms with Gasteiger partial charge in [0.2, 0.25) is 0 Å². The van der Waals surface area contributed by atoms with Gasteiger partial charge < -0.3 is 15.2 Å². The summed E-state index contributed by atoms with van der Waals surface area (Å²) in [6, 6.07) is 19.8. The van der Waals surface area contributed by atoms with Crippen LogP contribution >= 0.6 is 0 Å². The molecule has 0 spiro atoms. The van der Waals surface area contributed by atoms with E-state index in [0.29, 0.717) is 30.4 Å². The van der Waals surface area contributed by atoms with Gasteiger partial charge in [0.1, 0.15) is 18.9 Å². The molecular weight excluding hydrogens is 288 g/mol. The Labute approximate surface area is 135 Å². The maximum Gasteiger partial charge on any atom is 0.164 e. The lowest BCUT2D eigenvalue weighted by Gasteiger charge is -2.13. The van der Waals surface area contributed by atoms with Gasteiger partial charge in [-0.3, -0.25) is 4.98 Å². The van der Waals surface area contributed by atoms with E-state index in [1.54, 1.807) is 12.4 Å². The molecule has 1 heterocycles. The summed E-state index contributed by atoms with van der Waals surface area (Å²) >= 11 is 0. The van der Waals surface area contributed by atoms with E-state index in [1.165, 1.54) is 0 Å². The van der Waals surface area contributed by atoms with Gasteiger partial charge in [-0.15, -0.1) is 0 Å². The first-order chi connectivity index (χ1) is 11.3. The molecule has 3 aromatic rings. The molecule has 2 N–H and O–H groups in total. The van der Waals surface area contributed by atoms with E-state index in [4.69, 9.17) is 15.2 Å². The lowest BCUT2D eigenvalue weighted by atomic mass is 10.2. The Bertz CT molecular complexity index is 684. The van der Waals surface area contributed by atoms with Crippen LogP contribution in [-0.4, -0.2) is 4.98 Å². The molecule has 23 heavy (non-hydrogen) atoms. The molecule has 0 amide bonds. The van der Waals surface area contributed by atoms with E-state index in [2.05, 4.69) is 4.98 Å². The molecule has 0 aliphatic rings. The van der Waals surface area contributed by atoms with Crippen LogP contribution in [0.15, 0.2) is 73.1 Å². The quantitative estimate of drug-likeness (QED) is 0.752. The van der Waals surface area contributed by atoms with Crippen molar-refractivity contribution in [2.45, 2.75) is 13.2 Å². The minimum atomic E-state index is 0.439. The van der Waals surface area contributed by atoms with Gasteiger partial charge in [-0.05, 0) is 11.1 Å². The van der Waals surface area contributed by atoms with Crippen molar-refractivity contribution >= 4 is 5.69 Å². The average Bonchev–Trinajstić information content (AvgIpc) is 2.61. The van der Waals surface area contributed by atoms with Crippen LogP contribution in [0, 0.1) is 0 Å². The van der Waals surface area contributed by atoms with Gasteiger partial charge in [-0.2, -0.15) is 0 Å². The molecule has 0 radical (unpaired) electrons. The number of nitrogens with zero attached hydrogens (tertiary/aromatic N) is 1. The Balaban J connectivity index is 1.66. The molecular formula is C19H18N2O2. The number of benzene rings is 2. The SMILES string of the molecule is Nc1c(OCc2ccccc2)cncc1OCc1ccccc1. The van der Waals surface area contributed by atoms with Gasteiger partial charge >= 0.3 is 0 Å². The topological polar surface area (TPSA) is 57.4 Å². The molecule has 0 atom stereocenters. The summed E-state index contributed by atoms with van der Waals surface area (Å²) in [4.78, 5) is 4.14. The Morgan fingerprint density at radius 2 is 1.13 bits per heavy atom. The fourth-order valence-corrected chi connectivity index (χ4v) is 2.13. The third kappa shape index (κ3) is 4.01. The second kappa shape index (κ2) is 7.31. The largest absolute Gasteiger partial charge is 0.485 e. The molecule has 0 unspecified atom stereocenters. The Morgan fingerprint density at radius 1 is 0.696 bits per heavy atom. The molecule has 0 saturated carbocycles. The summed E-state index contributed by atoms with van der Waals surface area (Å²) in [5, 5.41) is 0. The van der Waals surface area contributed by atoms with Gasteiger partial charge in [0.05, 0.1) is 12.4 Å². The van der Waals surface area contributed by atoms with Gasteiger partial charge in [0.25, 0.3) is 0 Å². The van der Waals surface area contributed by atoms with Crippen LogP contribution in [-0.2, 0) is 13.2 Å². The predicted octanol–water partition coefficient (Wildman–Crippen LogP) is 3.82. The highest BCUT2D eigenvalue weighted by Crippen LogP contribution is 2.31. The number of ether oxygens (including phenoxy) is 2. The highest BCUT2D eigenvalue weighted by Gasteiger charge is 2.09. The van der Waals surface area contributed by atoms with Crippen molar-refractivity contribution in [1.29, 1.82) is 0 Å². The standard InChI is InChI=1S/C19H18N2O2/c20-19-17(22-13-15-7-3-1-4-8-15)11-21-12-18(19)23-14-16-9-5-2-6-10-16/h1-12H,13-14H2,(H2,20,21). The van der Waals surface area contributed by atoms with E-state index >= 15 is 0 Å². The van der Waals surface area contributed by atoms with E-state index in [9.17, 15) is 0 Å². The maximum atomic E-state index is 6.12. The summed E-state index contributed by atoms with van der Waals surface area (Å²) in [6.45, 7) is 0.879. The monoisotopic (exact) mass is 306 g/mol. The van der Waals surface area contributed by atoms with Crippen LogP contribution < -0.4 is 15.2 Å². The van der Waals surface area contributed by atoms with Crippen LogP contribution in [0.2, 0.25) is 0 Å². The van der Waals surface area contributed by atoms with Gasteiger partial charge in [0.15, 0.2) is 11.5 Å². The van der Waals surface area contributed by atoms with E-state index in [0.717, 1.165) is 11.1 Å². The fraction of sp³-hybridized carbons (Fsp3) is 0.105. The van der Waals surface area contributed by atoms with Crippen molar-refractivity contribution in [3.05, 3.63) is 84.2 Å². The van der Waals surface area contributed by atoms with Crippen LogP contribution in [0.5, 0.6) is 11.5 Å². The number of aromatic nitrogens is 1. The third-order valence-electron chi connectivity index (χ3n) is 3.39. The van der Waals surface area contributed by atoms with Gasteiger partial charge in [-0.1, -0.05) is 60.7 Å². The minimum absolute atomic E-state index is 0.439. The summed E-state index contributed by atoms with van der Waals surface area (Å²) < 4.78 is 11.5. The Morgan fingerprint density at radius 3 is 1.57 bits per heavy atom. The average molecular weight is 306 g/mol. The number of hydrogen-bond acceptors (Lipinski definition) is 4. The molecule has 0 fully saturated rings. The minimum Gasteiger partial charge on any atom is -0.485 e. The molecule has 116 valence electrons. The summed E-state index contributed by atoms with van der Waals surface area (Å²) in [5.41, 5.74) is 8.73. The van der Waals surface area contributed by atoms with Crippen molar-refractivity contribution in [2.75, 3.05) is 5.73 Å². The Kier molecular flexibility index (Phi) is 4.74. The fourth-order valence-electron chi connectivity index (χ4n) is 2.13. The summed E-state index contributed by atoms with van der Waals surface area (Å²) in [5.74, 6) is 1.05. The summed E-state index contributed by atoms with van der Waals surface area (Å²) in [7, 11) is 0. The van der Waals surface area contributed by atoms with E-state index < -0.39 is 0 Å². The lowest BCUT2D eigenvalue weighted by molar-refractivity contribution is 0.291. The Hall–Kier alpha value is -3.01. The van der Waals surface area contributed by atoms with Crippen LogP contribution in [0.25, 0.3) is 0 Å². The zero-order valence-electron chi connectivity index (χ0n) is 12.7. The number of nitrogens with two attached hydrogens (primary N) is 1. The van der Waals surface area contributed by atoms with Crippen molar-refractivity contribution in [3.8, 4) is 11.5 Å². The van der Waals surface area contributed by atoms with Crippen LogP contribution in [0.4, 0.5) is 5.69 Å². The molecule has 0 saturated heterocycles. The number of nitrogen functional groups attached to an aromatic ring is 1. The van der Waals surface area contributed by atoms with Crippen molar-refractivity contribution in [1.82, 2.24) is 4.98 Å². The second-order valence-corrected chi connectivity index (χ2v) is 5.10. The van der Waals surface area contributed by atoms with Crippen LogP contribution in [0.3, 0.4) is 0 Å². The maximum absolute atomic E-state index is 6.12. The predicted molar refractivity (Wildman–Crippen MR) is 90.2 cm³/mol. The molecule has 3 rings (SSSR count). The number of anilines is 1. The molecule has 4 heteroatoms. The van der Waals surface area contributed by atoms with Crippen molar-refractivity contribution in [3.63, 3.8) is 0 Å². The van der Waals surface area contributed by atoms with Crippen LogP contribution in [0.1, 0.15) is 11.1 Å². The second-order valence-electron chi connectivity index (χ2n) is 5.10. The molecule has 0 aliphatic carbocycles. The number of hydrogen-bond donors (Lipinski definition) is 1. The third-order valence-corrected chi connectivity index (χ3v) is 3.39. The molecule has 0 bridgehead atoms. The van der Waals surface area contributed by atoms with E-state index in [-0.39, 0.29) is 0 Å². The van der Waals surface area contributed by atoms with Crippen molar-refractivity contribution in [2.24, 2.45) is 0 Å². The zero-order valence-corrected chi connectivity index (χ0v) is 12.7. The normalized spacial score (nSPS) is 10.3. The molecule has 4 nitrogen and oxygen atoms in total. The van der Waals surface area contributed by atoms with Gasteiger partial charge in [0, 0.05) is 0 Å². The number of pyridine rings is 1. The lowest BCUT2D eigenvalue weighted by Crippen LogP contribution is -2.03. The van der Waals surface area contributed by atoms with Crippen molar-refractivity contribution < 1.29 is 9.47 Å². The first-order valence-corrected chi connectivity index (χ1v) is 7.40. The van der Waals surface area contributed by atoms with Gasteiger partial charge in [-0.25, -0.2) is 0 Å². The number of rotatable bonds is 6. The highest BCUT2D eigenvalue weighted by molar-refractivity contribution is 5.60. The molecule has 0 aliphatic heterocycles. The summed E-state index contributed by atoms with van der Waals surface area (Å²) in [6.07, 6.45) is 3.21.